The average Bonchev–Trinajstić information content (AvgIpc) is 2.24. The quantitative estimate of drug-likeness (QED) is 0.813. The predicted molar refractivity (Wildman–Crippen MR) is 52.1 cm³/mol. The van der Waals surface area contributed by atoms with Crippen LogP contribution in [0.5, 0.6) is 5.88 Å². The van der Waals surface area contributed by atoms with Gasteiger partial charge in [0.25, 0.3) is 5.91 Å². The molecule has 0 aliphatic heterocycles. The summed E-state index contributed by atoms with van der Waals surface area (Å²) in [6, 6.07) is 1.53. The van der Waals surface area contributed by atoms with E-state index in [1.807, 2.05) is 5.92 Å². The number of terminal acetylenes is 1. The molecule has 0 bridgehead atoms. The first-order valence-corrected chi connectivity index (χ1v) is 4.30. The SMILES string of the molecule is C#CCOc1nc(C(F)(F)F)ccc1C(N)=O. The van der Waals surface area contributed by atoms with Crippen LogP contribution in [-0.4, -0.2) is 17.5 Å². The maximum atomic E-state index is 12.3. The second kappa shape index (κ2) is 4.74. The molecule has 0 saturated carbocycles. The zero-order valence-corrected chi connectivity index (χ0v) is 8.41. The summed E-state index contributed by atoms with van der Waals surface area (Å²) in [6.07, 6.45) is 0.251. The smallest absolute Gasteiger partial charge is 0.433 e. The van der Waals surface area contributed by atoms with Crippen LogP contribution in [0.25, 0.3) is 0 Å². The lowest BCUT2D eigenvalue weighted by Crippen LogP contribution is -2.17. The van der Waals surface area contributed by atoms with Gasteiger partial charge in [-0.2, -0.15) is 13.2 Å². The summed E-state index contributed by atoms with van der Waals surface area (Å²) in [7, 11) is 0. The number of carbonyl (C=O) groups is 1. The summed E-state index contributed by atoms with van der Waals surface area (Å²) in [4.78, 5) is 14.1. The van der Waals surface area contributed by atoms with Crippen LogP contribution in [0.3, 0.4) is 0 Å². The molecule has 0 spiro atoms. The van der Waals surface area contributed by atoms with Gasteiger partial charge in [-0.3, -0.25) is 4.79 Å². The molecule has 0 atom stereocenters. The largest absolute Gasteiger partial charge is 0.464 e. The van der Waals surface area contributed by atoms with Gasteiger partial charge in [0.1, 0.15) is 11.3 Å². The molecular weight excluding hydrogens is 237 g/mol. The van der Waals surface area contributed by atoms with Crippen molar-refractivity contribution in [3.8, 4) is 18.2 Å². The fraction of sp³-hybridized carbons (Fsp3) is 0.200. The summed E-state index contributed by atoms with van der Waals surface area (Å²) in [6.45, 7) is -0.311. The van der Waals surface area contributed by atoms with Crippen LogP contribution in [0.15, 0.2) is 12.1 Å². The van der Waals surface area contributed by atoms with Crippen molar-refractivity contribution >= 4 is 5.91 Å². The molecule has 0 aliphatic carbocycles. The summed E-state index contributed by atoms with van der Waals surface area (Å²) < 4.78 is 41.8. The molecule has 17 heavy (non-hydrogen) atoms. The zero-order chi connectivity index (χ0) is 13.1. The van der Waals surface area contributed by atoms with Crippen molar-refractivity contribution in [2.24, 2.45) is 5.73 Å². The summed E-state index contributed by atoms with van der Waals surface area (Å²) in [5.41, 5.74) is 3.51. The van der Waals surface area contributed by atoms with Crippen LogP contribution >= 0.6 is 0 Å². The molecule has 2 N–H and O–H groups in total. The van der Waals surface area contributed by atoms with Crippen molar-refractivity contribution in [2.45, 2.75) is 6.18 Å². The van der Waals surface area contributed by atoms with Crippen molar-refractivity contribution in [2.75, 3.05) is 6.61 Å². The lowest BCUT2D eigenvalue weighted by molar-refractivity contribution is -0.141. The Labute approximate surface area is 94.6 Å². The molecule has 1 amide bonds. The predicted octanol–water partition coefficient (Wildman–Crippen LogP) is 1.21. The Kier molecular flexibility index (Phi) is 3.58. The van der Waals surface area contributed by atoms with Gasteiger partial charge >= 0.3 is 6.18 Å². The number of amides is 1. The molecule has 0 fully saturated rings. The third-order valence-corrected chi connectivity index (χ3v) is 1.71. The second-order valence-corrected chi connectivity index (χ2v) is 2.90. The van der Waals surface area contributed by atoms with Crippen LogP contribution in [0, 0.1) is 12.3 Å². The van der Waals surface area contributed by atoms with Crippen LogP contribution in [0.2, 0.25) is 0 Å². The number of alkyl halides is 3. The van der Waals surface area contributed by atoms with Gasteiger partial charge in [-0.05, 0) is 12.1 Å². The first-order chi connectivity index (χ1) is 7.86. The normalized spacial score (nSPS) is 10.7. The second-order valence-electron chi connectivity index (χ2n) is 2.90. The van der Waals surface area contributed by atoms with Crippen LogP contribution in [0.1, 0.15) is 16.1 Å². The molecule has 1 aromatic rings. The fourth-order valence-corrected chi connectivity index (χ4v) is 1.01. The Hall–Kier alpha value is -2.23. The van der Waals surface area contributed by atoms with Gasteiger partial charge < -0.3 is 10.5 Å². The van der Waals surface area contributed by atoms with Gasteiger partial charge in [0.05, 0.1) is 0 Å². The van der Waals surface area contributed by atoms with Crippen LogP contribution in [-0.2, 0) is 6.18 Å². The lowest BCUT2D eigenvalue weighted by Gasteiger charge is -2.10. The monoisotopic (exact) mass is 244 g/mol. The molecule has 0 saturated heterocycles. The van der Waals surface area contributed by atoms with E-state index in [2.05, 4.69) is 4.98 Å². The Morgan fingerprint density at radius 3 is 2.65 bits per heavy atom. The lowest BCUT2D eigenvalue weighted by atomic mass is 10.2. The van der Waals surface area contributed by atoms with E-state index in [1.165, 1.54) is 0 Å². The molecule has 0 aromatic carbocycles. The number of nitrogens with two attached hydrogens (primary N) is 1. The molecule has 0 unspecified atom stereocenters. The standard InChI is InChI=1S/C10H7F3N2O2/c1-2-5-17-9-6(8(14)16)3-4-7(15-9)10(11,12)13/h1,3-4H,5H2,(H2,14,16). The highest BCUT2D eigenvalue weighted by atomic mass is 19.4. The van der Waals surface area contributed by atoms with Crippen molar-refractivity contribution in [1.29, 1.82) is 0 Å². The van der Waals surface area contributed by atoms with E-state index in [-0.39, 0.29) is 12.2 Å². The van der Waals surface area contributed by atoms with Crippen molar-refractivity contribution in [1.82, 2.24) is 4.98 Å². The molecular formula is C10H7F3N2O2. The maximum absolute atomic E-state index is 12.3. The summed E-state index contributed by atoms with van der Waals surface area (Å²) in [5.74, 6) is 0.576. The number of rotatable bonds is 3. The van der Waals surface area contributed by atoms with Gasteiger partial charge in [-0.1, -0.05) is 5.92 Å². The topological polar surface area (TPSA) is 65.2 Å². The minimum atomic E-state index is -4.63. The van der Waals surface area contributed by atoms with Crippen molar-refractivity contribution < 1.29 is 22.7 Å². The molecule has 0 radical (unpaired) electrons. The number of halogens is 3. The van der Waals surface area contributed by atoms with E-state index >= 15 is 0 Å². The van der Waals surface area contributed by atoms with Crippen molar-refractivity contribution in [3.63, 3.8) is 0 Å². The number of hydrogen-bond donors (Lipinski definition) is 1. The number of hydrogen-bond acceptors (Lipinski definition) is 3. The van der Waals surface area contributed by atoms with Gasteiger partial charge in [0, 0.05) is 0 Å². The van der Waals surface area contributed by atoms with E-state index in [1.54, 1.807) is 0 Å². The first-order valence-electron chi connectivity index (χ1n) is 4.30. The van der Waals surface area contributed by atoms with Gasteiger partial charge in [-0.25, -0.2) is 4.98 Å². The molecule has 7 heteroatoms. The molecule has 4 nitrogen and oxygen atoms in total. The van der Waals surface area contributed by atoms with Gasteiger partial charge in [-0.15, -0.1) is 6.42 Å². The zero-order valence-electron chi connectivity index (χ0n) is 8.41. The molecule has 1 rings (SSSR count). The highest BCUT2D eigenvalue weighted by Gasteiger charge is 2.33. The molecule has 0 aliphatic rings. The Balaban J connectivity index is 3.20. The molecule has 1 aromatic heterocycles. The minimum Gasteiger partial charge on any atom is -0.464 e. The van der Waals surface area contributed by atoms with E-state index in [9.17, 15) is 18.0 Å². The third kappa shape index (κ3) is 3.11. The van der Waals surface area contributed by atoms with Crippen LogP contribution < -0.4 is 10.5 Å². The highest BCUT2D eigenvalue weighted by molar-refractivity contribution is 5.95. The summed E-state index contributed by atoms with van der Waals surface area (Å²) in [5, 5.41) is 0. The summed E-state index contributed by atoms with van der Waals surface area (Å²) >= 11 is 0. The van der Waals surface area contributed by atoms with Gasteiger partial charge in [0.2, 0.25) is 5.88 Å². The van der Waals surface area contributed by atoms with Crippen molar-refractivity contribution in [3.05, 3.63) is 23.4 Å². The fourth-order valence-electron chi connectivity index (χ4n) is 1.01. The van der Waals surface area contributed by atoms with E-state index in [0.717, 1.165) is 6.07 Å². The Morgan fingerprint density at radius 2 is 2.18 bits per heavy atom. The van der Waals surface area contributed by atoms with E-state index in [0.29, 0.717) is 6.07 Å². The van der Waals surface area contributed by atoms with E-state index < -0.39 is 23.7 Å². The van der Waals surface area contributed by atoms with Crippen LogP contribution in [0.4, 0.5) is 13.2 Å². The number of carbonyl (C=O) groups excluding carboxylic acids is 1. The molecule has 1 heterocycles. The number of aromatic nitrogens is 1. The Morgan fingerprint density at radius 1 is 1.53 bits per heavy atom. The highest BCUT2D eigenvalue weighted by Crippen LogP contribution is 2.30. The number of primary amides is 1. The van der Waals surface area contributed by atoms with E-state index in [4.69, 9.17) is 16.9 Å². The number of ether oxygens (including phenoxy) is 1. The third-order valence-electron chi connectivity index (χ3n) is 1.71. The van der Waals surface area contributed by atoms with Gasteiger partial charge in [0.15, 0.2) is 6.61 Å². The number of nitrogens with zero attached hydrogens (tertiary/aromatic N) is 1. The first kappa shape index (κ1) is 12.8. The maximum Gasteiger partial charge on any atom is 0.433 e. The average molecular weight is 244 g/mol. The minimum absolute atomic E-state index is 0.256. The Bertz CT molecular complexity index is 477. The number of pyridine rings is 1. The molecule has 90 valence electrons.